The second kappa shape index (κ2) is 13.3. The van der Waals surface area contributed by atoms with Crippen LogP contribution in [0.25, 0.3) is 11.0 Å². The van der Waals surface area contributed by atoms with Crippen molar-refractivity contribution in [2.75, 3.05) is 13.2 Å². The van der Waals surface area contributed by atoms with Crippen LogP contribution in [0.2, 0.25) is 0 Å². The third-order valence-electron chi connectivity index (χ3n) is 7.33. The molecule has 200 valence electrons. The van der Waals surface area contributed by atoms with Gasteiger partial charge in [0.1, 0.15) is 11.6 Å². The predicted molar refractivity (Wildman–Crippen MR) is 156 cm³/mol. The highest BCUT2D eigenvalue weighted by Gasteiger charge is 2.12. The summed E-state index contributed by atoms with van der Waals surface area (Å²) < 4.78 is 8.34. The van der Waals surface area contributed by atoms with E-state index in [1.54, 1.807) is 0 Å². The van der Waals surface area contributed by atoms with Crippen molar-refractivity contribution in [1.29, 1.82) is 0 Å². The van der Waals surface area contributed by atoms with E-state index < -0.39 is 0 Å². The second-order valence-electron chi connectivity index (χ2n) is 10.3. The van der Waals surface area contributed by atoms with Crippen molar-refractivity contribution in [3.05, 3.63) is 94.8 Å². The number of aryl methyl sites for hydroxylation is 4. The smallest absolute Gasteiger partial charge is 0.251 e. The molecule has 0 radical (unpaired) electrons. The maximum Gasteiger partial charge on any atom is 0.251 e. The molecule has 4 aromatic rings. The number of hydrogen-bond acceptors (Lipinski definition) is 3. The van der Waals surface area contributed by atoms with Crippen molar-refractivity contribution in [3.63, 3.8) is 0 Å². The highest BCUT2D eigenvalue weighted by Crippen LogP contribution is 2.22. The Balaban J connectivity index is 1.27. The number of ether oxygens (including phenoxy) is 1. The van der Waals surface area contributed by atoms with Gasteiger partial charge >= 0.3 is 0 Å². The van der Waals surface area contributed by atoms with Gasteiger partial charge in [-0.25, -0.2) is 4.98 Å². The van der Waals surface area contributed by atoms with Crippen LogP contribution in [0.3, 0.4) is 0 Å². The first kappa shape index (κ1) is 27.4. The first-order valence-corrected chi connectivity index (χ1v) is 14.0. The lowest BCUT2D eigenvalue weighted by Crippen LogP contribution is -2.25. The molecule has 38 heavy (non-hydrogen) atoms. The van der Waals surface area contributed by atoms with Gasteiger partial charge in [0.15, 0.2) is 0 Å². The fraction of sp³-hybridized carbons (Fsp3) is 0.394. The summed E-state index contributed by atoms with van der Waals surface area (Å²) in [6.07, 6.45) is 4.80. The summed E-state index contributed by atoms with van der Waals surface area (Å²) in [7, 11) is 0. The average molecular weight is 512 g/mol. The molecule has 5 heteroatoms. The fourth-order valence-electron chi connectivity index (χ4n) is 4.87. The Bertz CT molecular complexity index is 1340. The van der Waals surface area contributed by atoms with Gasteiger partial charge in [0, 0.05) is 25.1 Å². The average Bonchev–Trinajstić information content (AvgIpc) is 3.28. The van der Waals surface area contributed by atoms with E-state index in [9.17, 15) is 4.79 Å². The molecule has 1 heterocycles. The van der Waals surface area contributed by atoms with E-state index in [1.165, 1.54) is 16.6 Å². The van der Waals surface area contributed by atoms with E-state index in [2.05, 4.69) is 66.2 Å². The van der Waals surface area contributed by atoms with Crippen molar-refractivity contribution >= 4 is 16.9 Å². The molecule has 5 nitrogen and oxygen atoms in total. The van der Waals surface area contributed by atoms with Gasteiger partial charge in [0.25, 0.3) is 5.91 Å². The van der Waals surface area contributed by atoms with Gasteiger partial charge in [-0.3, -0.25) is 4.79 Å². The standard InChI is InChI=1S/C33H41N3O2/c1-5-25(3)27-15-17-28(18-16-27)38-22-9-8-21-36-31-12-7-6-11-30(31)35-32(36)13-10-20-34-33(37)29-19-14-24(2)23-26(29)4/h6-7,11-12,14-19,23,25H,5,8-10,13,20-22H2,1-4H3,(H,34,37). The zero-order chi connectivity index (χ0) is 26.9. The van der Waals surface area contributed by atoms with Crippen LogP contribution in [0.1, 0.15) is 78.3 Å². The largest absolute Gasteiger partial charge is 0.494 e. The number of para-hydroxylation sites is 2. The molecule has 0 fully saturated rings. The van der Waals surface area contributed by atoms with Crippen LogP contribution in [0.4, 0.5) is 0 Å². The Morgan fingerprint density at radius 3 is 2.55 bits per heavy atom. The van der Waals surface area contributed by atoms with Gasteiger partial charge in [0.2, 0.25) is 0 Å². The van der Waals surface area contributed by atoms with E-state index >= 15 is 0 Å². The number of aromatic nitrogens is 2. The molecule has 1 unspecified atom stereocenters. The Morgan fingerprint density at radius 1 is 1.00 bits per heavy atom. The normalized spacial score (nSPS) is 12.0. The minimum atomic E-state index is -0.00878. The van der Waals surface area contributed by atoms with Gasteiger partial charge in [-0.2, -0.15) is 0 Å². The lowest BCUT2D eigenvalue weighted by Gasteiger charge is -2.12. The predicted octanol–water partition coefficient (Wildman–Crippen LogP) is 7.39. The van der Waals surface area contributed by atoms with Crippen LogP contribution < -0.4 is 10.1 Å². The minimum absolute atomic E-state index is 0.00878. The van der Waals surface area contributed by atoms with Crippen LogP contribution in [0.5, 0.6) is 5.75 Å². The van der Waals surface area contributed by atoms with E-state index in [1.807, 2.05) is 38.1 Å². The molecular weight excluding hydrogens is 470 g/mol. The molecule has 0 saturated carbocycles. The quantitative estimate of drug-likeness (QED) is 0.190. The van der Waals surface area contributed by atoms with E-state index in [-0.39, 0.29) is 5.91 Å². The van der Waals surface area contributed by atoms with Crippen LogP contribution in [-0.2, 0) is 13.0 Å². The van der Waals surface area contributed by atoms with Crippen molar-refractivity contribution in [1.82, 2.24) is 14.9 Å². The second-order valence-corrected chi connectivity index (χ2v) is 10.3. The first-order valence-electron chi connectivity index (χ1n) is 14.0. The number of benzene rings is 3. The highest BCUT2D eigenvalue weighted by atomic mass is 16.5. The van der Waals surface area contributed by atoms with Crippen molar-refractivity contribution < 1.29 is 9.53 Å². The van der Waals surface area contributed by atoms with Crippen molar-refractivity contribution in [3.8, 4) is 5.75 Å². The molecule has 4 rings (SSSR count). The summed E-state index contributed by atoms with van der Waals surface area (Å²) in [5, 5.41) is 3.08. The van der Waals surface area contributed by atoms with E-state index in [0.717, 1.165) is 66.9 Å². The molecule has 1 amide bonds. The molecule has 1 aromatic heterocycles. The maximum atomic E-state index is 12.6. The molecule has 3 aromatic carbocycles. The summed E-state index contributed by atoms with van der Waals surface area (Å²) in [5.41, 5.74) is 6.49. The first-order chi connectivity index (χ1) is 18.5. The third kappa shape index (κ3) is 7.03. The summed E-state index contributed by atoms with van der Waals surface area (Å²) >= 11 is 0. The molecule has 0 aliphatic carbocycles. The van der Waals surface area contributed by atoms with Gasteiger partial charge in [-0.1, -0.05) is 55.8 Å². The van der Waals surface area contributed by atoms with Gasteiger partial charge in [0.05, 0.1) is 17.6 Å². The highest BCUT2D eigenvalue weighted by molar-refractivity contribution is 5.95. The Labute approximate surface area is 227 Å². The summed E-state index contributed by atoms with van der Waals surface area (Å²) in [6.45, 7) is 10.7. The van der Waals surface area contributed by atoms with Gasteiger partial charge in [-0.05, 0) is 86.9 Å². The summed E-state index contributed by atoms with van der Waals surface area (Å²) in [6, 6.07) is 22.8. The number of hydrogen-bond donors (Lipinski definition) is 1. The molecular formula is C33H41N3O2. The number of amides is 1. The van der Waals surface area contributed by atoms with Gasteiger partial charge < -0.3 is 14.6 Å². The minimum Gasteiger partial charge on any atom is -0.494 e. The monoisotopic (exact) mass is 511 g/mol. The Kier molecular flexibility index (Phi) is 9.58. The van der Waals surface area contributed by atoms with Crippen molar-refractivity contribution in [2.45, 2.75) is 72.3 Å². The van der Waals surface area contributed by atoms with E-state index in [0.29, 0.717) is 19.1 Å². The molecule has 0 bridgehead atoms. The Morgan fingerprint density at radius 2 is 1.79 bits per heavy atom. The summed E-state index contributed by atoms with van der Waals surface area (Å²) in [4.78, 5) is 17.5. The number of carbonyl (C=O) groups excluding carboxylic acids is 1. The lowest BCUT2D eigenvalue weighted by molar-refractivity contribution is 0.0952. The molecule has 1 atom stereocenters. The van der Waals surface area contributed by atoms with Crippen molar-refractivity contribution in [2.24, 2.45) is 0 Å². The molecule has 0 aliphatic rings. The van der Waals surface area contributed by atoms with Crippen LogP contribution >= 0.6 is 0 Å². The number of imidazole rings is 1. The Hall–Kier alpha value is -3.60. The molecule has 1 N–H and O–H groups in total. The SMILES string of the molecule is CCC(C)c1ccc(OCCCCn2c(CCCNC(=O)c3ccc(C)cc3C)nc3ccccc32)cc1. The number of carbonyl (C=O) groups is 1. The summed E-state index contributed by atoms with van der Waals surface area (Å²) in [5.74, 6) is 2.59. The molecule has 0 aliphatic heterocycles. The number of fused-ring (bicyclic) bond motifs is 1. The van der Waals surface area contributed by atoms with E-state index in [4.69, 9.17) is 9.72 Å². The van der Waals surface area contributed by atoms with Crippen LogP contribution in [-0.4, -0.2) is 28.6 Å². The van der Waals surface area contributed by atoms with Crippen LogP contribution in [0, 0.1) is 13.8 Å². The number of nitrogens with zero attached hydrogens (tertiary/aromatic N) is 2. The topological polar surface area (TPSA) is 56.1 Å². The number of rotatable bonds is 13. The molecule has 0 saturated heterocycles. The maximum absolute atomic E-state index is 12.6. The number of unbranched alkanes of at least 4 members (excludes halogenated alkanes) is 1. The number of nitrogens with one attached hydrogen (secondary N) is 1. The van der Waals surface area contributed by atoms with Gasteiger partial charge in [-0.15, -0.1) is 0 Å². The lowest BCUT2D eigenvalue weighted by atomic mass is 9.99. The zero-order valence-electron chi connectivity index (χ0n) is 23.3. The molecule has 0 spiro atoms. The zero-order valence-corrected chi connectivity index (χ0v) is 23.3. The third-order valence-corrected chi connectivity index (χ3v) is 7.33. The fourth-order valence-corrected chi connectivity index (χ4v) is 4.87. The van der Waals surface area contributed by atoms with Crippen LogP contribution in [0.15, 0.2) is 66.7 Å².